The number of hydrogen-bond donors (Lipinski definition) is 3. The molecule has 0 unspecified atom stereocenters. The molecule has 126 valence electrons. The number of nitrogens with one attached hydrogen (secondary N) is 3. The topological polar surface area (TPSA) is 110 Å². The molecule has 0 spiro atoms. The first-order valence-corrected chi connectivity index (χ1v) is 7.64. The van der Waals surface area contributed by atoms with Gasteiger partial charge in [0.15, 0.2) is 0 Å². The van der Waals surface area contributed by atoms with Crippen molar-refractivity contribution in [3.8, 4) is 17.3 Å². The van der Waals surface area contributed by atoms with E-state index in [2.05, 4.69) is 25.5 Å². The van der Waals surface area contributed by atoms with Crippen LogP contribution in [0.15, 0.2) is 48.7 Å². The Morgan fingerprint density at radius 1 is 1.19 bits per heavy atom. The molecule has 0 bridgehead atoms. The van der Waals surface area contributed by atoms with Gasteiger partial charge in [-0.3, -0.25) is 15.2 Å². The Morgan fingerprint density at radius 3 is 2.77 bits per heavy atom. The minimum atomic E-state index is -0.419. The lowest BCUT2D eigenvalue weighted by atomic mass is 10.1. The normalized spacial score (nSPS) is 10.6. The summed E-state index contributed by atoms with van der Waals surface area (Å²) in [6.07, 6.45) is 1.39. The van der Waals surface area contributed by atoms with Crippen molar-refractivity contribution in [2.24, 2.45) is 0 Å². The molecule has 2 aromatic carbocycles. The molecule has 26 heavy (non-hydrogen) atoms. The quantitative estimate of drug-likeness (QED) is 0.529. The number of anilines is 1. The third-order valence-electron chi connectivity index (χ3n) is 3.86. The zero-order valence-corrected chi connectivity index (χ0v) is 13.2. The second kappa shape index (κ2) is 6.14. The van der Waals surface area contributed by atoms with Crippen molar-refractivity contribution in [3.05, 3.63) is 65.6 Å². The maximum atomic E-state index is 13.1. The van der Waals surface area contributed by atoms with Crippen molar-refractivity contribution in [1.82, 2.24) is 20.2 Å². The molecule has 0 fully saturated rings. The zero-order valence-electron chi connectivity index (χ0n) is 13.2. The molecule has 2 aromatic heterocycles. The summed E-state index contributed by atoms with van der Waals surface area (Å²) >= 11 is 0. The van der Waals surface area contributed by atoms with Gasteiger partial charge in [-0.1, -0.05) is 0 Å². The number of benzene rings is 2. The fourth-order valence-electron chi connectivity index (χ4n) is 2.61. The van der Waals surface area contributed by atoms with Crippen LogP contribution in [0, 0.1) is 17.1 Å². The second-order valence-corrected chi connectivity index (χ2v) is 5.55. The highest BCUT2D eigenvalue weighted by molar-refractivity contribution is 6.07. The number of carbonyl (C=O) groups is 1. The number of nitrogens with zero attached hydrogens (tertiary/aromatic N) is 3. The van der Waals surface area contributed by atoms with Crippen molar-refractivity contribution >= 4 is 22.9 Å². The van der Waals surface area contributed by atoms with Crippen molar-refractivity contribution in [1.29, 1.82) is 5.26 Å². The van der Waals surface area contributed by atoms with Crippen LogP contribution in [0.1, 0.15) is 15.9 Å². The van der Waals surface area contributed by atoms with Crippen LogP contribution in [-0.4, -0.2) is 26.1 Å². The lowest BCUT2D eigenvalue weighted by molar-refractivity contribution is 0.102. The Balaban J connectivity index is 1.62. The SMILES string of the molecule is N#Cc1ccc2nc(NC(=O)c3cn[nH]c3-c3ccc(F)cc3)[nH]c2c1. The molecule has 2 heterocycles. The number of aromatic nitrogens is 4. The predicted octanol–water partition coefficient (Wildman–Crippen LogP) is 3.22. The standard InChI is InChI=1S/C18H11FN6O/c19-12-4-2-11(3-5-12)16-13(9-21-25-16)17(26)24-18-22-14-6-1-10(8-20)7-15(14)23-18/h1-7,9H,(H,21,25)(H2,22,23,24,26). The fraction of sp³-hybridized carbons (Fsp3) is 0. The van der Waals surface area contributed by atoms with Crippen molar-refractivity contribution < 1.29 is 9.18 Å². The molecule has 0 aliphatic carbocycles. The van der Waals surface area contributed by atoms with E-state index in [-0.39, 0.29) is 11.8 Å². The predicted molar refractivity (Wildman–Crippen MR) is 92.7 cm³/mol. The largest absolute Gasteiger partial charge is 0.324 e. The van der Waals surface area contributed by atoms with Gasteiger partial charge in [0.25, 0.3) is 5.91 Å². The van der Waals surface area contributed by atoms with Gasteiger partial charge in [0.2, 0.25) is 5.95 Å². The lowest BCUT2D eigenvalue weighted by Crippen LogP contribution is -2.13. The van der Waals surface area contributed by atoms with Crippen molar-refractivity contribution in [3.63, 3.8) is 0 Å². The Kier molecular flexibility index (Phi) is 3.67. The van der Waals surface area contributed by atoms with Crippen molar-refractivity contribution in [2.45, 2.75) is 0 Å². The molecule has 8 heteroatoms. The van der Waals surface area contributed by atoms with Gasteiger partial charge in [0.1, 0.15) is 5.82 Å². The van der Waals surface area contributed by atoms with Crippen LogP contribution >= 0.6 is 0 Å². The summed E-state index contributed by atoms with van der Waals surface area (Å²) in [4.78, 5) is 19.8. The Hall–Kier alpha value is -3.99. The fourth-order valence-corrected chi connectivity index (χ4v) is 2.61. The number of nitriles is 1. The molecule has 0 aliphatic heterocycles. The molecule has 7 nitrogen and oxygen atoms in total. The van der Waals surface area contributed by atoms with Crippen LogP contribution < -0.4 is 5.32 Å². The van der Waals surface area contributed by atoms with Crippen LogP contribution in [0.4, 0.5) is 10.3 Å². The van der Waals surface area contributed by atoms with Gasteiger partial charge in [0.05, 0.1) is 40.1 Å². The minimum Gasteiger partial charge on any atom is -0.324 e. The van der Waals surface area contributed by atoms with E-state index in [9.17, 15) is 9.18 Å². The first-order chi connectivity index (χ1) is 12.6. The molecule has 0 saturated heterocycles. The van der Waals surface area contributed by atoms with Gasteiger partial charge in [-0.2, -0.15) is 10.4 Å². The molecular weight excluding hydrogens is 335 g/mol. The number of rotatable bonds is 3. The summed E-state index contributed by atoms with van der Waals surface area (Å²) in [5.74, 6) is -0.526. The van der Waals surface area contributed by atoms with Crippen LogP contribution in [0.5, 0.6) is 0 Å². The number of imidazole rings is 1. The van der Waals surface area contributed by atoms with E-state index < -0.39 is 5.91 Å². The van der Waals surface area contributed by atoms with E-state index in [1.807, 2.05) is 6.07 Å². The molecular formula is C18H11FN6O. The summed E-state index contributed by atoms with van der Waals surface area (Å²) in [6, 6.07) is 12.8. The molecule has 0 atom stereocenters. The van der Waals surface area contributed by atoms with Crippen LogP contribution in [0.3, 0.4) is 0 Å². The monoisotopic (exact) mass is 346 g/mol. The molecule has 1 amide bonds. The van der Waals surface area contributed by atoms with Crippen molar-refractivity contribution in [2.75, 3.05) is 5.32 Å². The van der Waals surface area contributed by atoms with Crippen LogP contribution in [0.2, 0.25) is 0 Å². The summed E-state index contributed by atoms with van der Waals surface area (Å²) in [5.41, 5.74) is 3.18. The second-order valence-electron chi connectivity index (χ2n) is 5.55. The van der Waals surface area contributed by atoms with Gasteiger partial charge in [-0.15, -0.1) is 0 Å². The highest BCUT2D eigenvalue weighted by Gasteiger charge is 2.17. The molecule has 4 aromatic rings. The summed E-state index contributed by atoms with van der Waals surface area (Å²) in [7, 11) is 0. The Labute approximate surface area is 146 Å². The third kappa shape index (κ3) is 2.78. The number of halogens is 1. The Morgan fingerprint density at radius 2 is 2.00 bits per heavy atom. The maximum Gasteiger partial charge on any atom is 0.261 e. The molecule has 4 rings (SSSR count). The smallest absolute Gasteiger partial charge is 0.261 e. The highest BCUT2D eigenvalue weighted by atomic mass is 19.1. The molecule has 0 aliphatic rings. The summed E-state index contributed by atoms with van der Waals surface area (Å²) < 4.78 is 13.1. The van der Waals surface area contributed by atoms with E-state index in [0.29, 0.717) is 33.4 Å². The molecule has 3 N–H and O–H groups in total. The Bertz CT molecular complexity index is 1150. The number of hydrogen-bond acceptors (Lipinski definition) is 4. The van der Waals surface area contributed by atoms with E-state index in [1.165, 1.54) is 18.3 Å². The van der Waals surface area contributed by atoms with Crippen LogP contribution in [-0.2, 0) is 0 Å². The number of amides is 1. The molecule has 0 saturated carbocycles. The lowest BCUT2D eigenvalue weighted by Gasteiger charge is -2.03. The minimum absolute atomic E-state index is 0.256. The van der Waals surface area contributed by atoms with Gasteiger partial charge >= 0.3 is 0 Å². The first kappa shape index (κ1) is 15.5. The maximum absolute atomic E-state index is 13.1. The number of carbonyl (C=O) groups excluding carboxylic acids is 1. The number of fused-ring (bicyclic) bond motifs is 1. The van der Waals surface area contributed by atoms with E-state index in [1.54, 1.807) is 30.3 Å². The average molecular weight is 346 g/mol. The van der Waals surface area contributed by atoms with Gasteiger partial charge in [0, 0.05) is 5.56 Å². The van der Waals surface area contributed by atoms with E-state index in [0.717, 1.165) is 0 Å². The van der Waals surface area contributed by atoms with Crippen LogP contribution in [0.25, 0.3) is 22.3 Å². The summed E-state index contributed by atoms with van der Waals surface area (Å²) in [5, 5.41) is 18.3. The molecule has 0 radical (unpaired) electrons. The highest BCUT2D eigenvalue weighted by Crippen LogP contribution is 2.23. The first-order valence-electron chi connectivity index (χ1n) is 7.64. The number of aromatic amines is 2. The van der Waals surface area contributed by atoms with E-state index >= 15 is 0 Å². The average Bonchev–Trinajstić information content (AvgIpc) is 3.28. The third-order valence-corrected chi connectivity index (χ3v) is 3.86. The summed E-state index contributed by atoms with van der Waals surface area (Å²) in [6.45, 7) is 0. The van der Waals surface area contributed by atoms with Gasteiger partial charge < -0.3 is 4.98 Å². The number of H-pyrrole nitrogens is 2. The van der Waals surface area contributed by atoms with Gasteiger partial charge in [-0.05, 0) is 42.5 Å². The van der Waals surface area contributed by atoms with Gasteiger partial charge in [-0.25, -0.2) is 9.37 Å². The van der Waals surface area contributed by atoms with E-state index in [4.69, 9.17) is 5.26 Å². The zero-order chi connectivity index (χ0) is 18.1.